The zero-order valence-corrected chi connectivity index (χ0v) is 38.0. The standard InChI is InChI=1S/C25H23Cl2N7OS.C21H17Cl2N3O2/c26-18-1-2-19(27)17(11-18)14-34-5-4-28-23-21(34)12-16(13-29-23)25(35)33-8-6-32(7-9-33)24-22-20(3-10-36-22)30-15-31-24;22-15-5-6-18(23)14(9-15)12-26-8-7-24-20-19(26)10-13(11-25-20)16-3-1-2-4-17(16)21(27)28/h1-3,10-13,15H,4-9,14H2,(H,28,29);1-6,9-11H,7-8,12H2,(H,24,25)(H,27,28). The molecular weight excluding hydrogens is 914 g/mol. The summed E-state index contributed by atoms with van der Waals surface area (Å²) in [6.45, 7) is 6.88. The number of benzene rings is 3. The van der Waals surface area contributed by atoms with Gasteiger partial charge in [0.05, 0.1) is 32.7 Å². The molecule has 10 rings (SSSR count). The molecule has 0 atom stereocenters. The molecule has 0 spiro atoms. The van der Waals surface area contributed by atoms with Gasteiger partial charge in [0.25, 0.3) is 5.91 Å². The van der Waals surface area contributed by atoms with Crippen LogP contribution in [0.3, 0.4) is 0 Å². The Morgan fingerprint density at radius 1 is 0.688 bits per heavy atom. The summed E-state index contributed by atoms with van der Waals surface area (Å²) < 4.78 is 1.09. The Labute approximate surface area is 393 Å². The predicted octanol–water partition coefficient (Wildman–Crippen LogP) is 9.97. The highest BCUT2D eigenvalue weighted by Crippen LogP contribution is 2.36. The number of pyridine rings is 2. The Hall–Kier alpha value is -5.90. The Balaban J connectivity index is 0.000000167. The predicted molar refractivity (Wildman–Crippen MR) is 258 cm³/mol. The van der Waals surface area contributed by atoms with Crippen LogP contribution in [-0.4, -0.2) is 94.2 Å². The van der Waals surface area contributed by atoms with Crippen LogP contribution in [0.4, 0.5) is 28.8 Å². The average Bonchev–Trinajstić information content (AvgIpc) is 3.81. The van der Waals surface area contributed by atoms with Gasteiger partial charge in [-0.25, -0.2) is 24.7 Å². The van der Waals surface area contributed by atoms with Crippen LogP contribution < -0.4 is 25.3 Å². The van der Waals surface area contributed by atoms with Gasteiger partial charge >= 0.3 is 5.97 Å². The number of carboxylic acid groups (broad SMARTS) is 1. The number of anilines is 5. The quantitative estimate of drug-likeness (QED) is 0.133. The van der Waals surface area contributed by atoms with E-state index >= 15 is 0 Å². The highest BCUT2D eigenvalue weighted by molar-refractivity contribution is 7.17. The molecule has 3 aliphatic heterocycles. The molecule has 0 unspecified atom stereocenters. The lowest BCUT2D eigenvalue weighted by Crippen LogP contribution is -2.49. The third kappa shape index (κ3) is 9.33. The van der Waals surface area contributed by atoms with E-state index in [1.807, 2.05) is 52.7 Å². The minimum Gasteiger partial charge on any atom is -0.478 e. The highest BCUT2D eigenvalue weighted by atomic mass is 35.5. The van der Waals surface area contributed by atoms with E-state index in [1.165, 1.54) is 0 Å². The molecular formula is C46H40Cl4N10O3S. The van der Waals surface area contributed by atoms with Crippen molar-refractivity contribution in [1.82, 2.24) is 24.8 Å². The average molecular weight is 955 g/mol. The number of hydrogen-bond donors (Lipinski definition) is 3. The molecule has 7 heterocycles. The van der Waals surface area contributed by atoms with Crippen molar-refractivity contribution >= 4 is 109 Å². The Morgan fingerprint density at radius 2 is 1.31 bits per heavy atom. The summed E-state index contributed by atoms with van der Waals surface area (Å²) in [6.07, 6.45) is 4.97. The molecule has 0 radical (unpaired) electrons. The SMILES string of the molecule is O=C(O)c1ccccc1-c1cnc2c(c1)N(Cc1cc(Cl)ccc1Cl)CCN2.O=C(c1cnc2c(c1)N(Cc1cc(Cl)ccc1Cl)CCN2)N1CCN(c2ncnc3ccsc23)CC1. The summed E-state index contributed by atoms with van der Waals surface area (Å²) in [7, 11) is 0. The number of halogens is 4. The minimum atomic E-state index is -0.964. The van der Waals surface area contributed by atoms with Crippen molar-refractivity contribution in [2.45, 2.75) is 13.1 Å². The fourth-order valence-electron chi connectivity index (χ4n) is 8.08. The molecule has 13 nitrogen and oxygen atoms in total. The minimum absolute atomic E-state index is 0.0137. The first-order valence-corrected chi connectivity index (χ1v) is 22.9. The van der Waals surface area contributed by atoms with E-state index in [2.05, 4.69) is 45.3 Å². The zero-order valence-electron chi connectivity index (χ0n) is 34.1. The van der Waals surface area contributed by atoms with Crippen molar-refractivity contribution in [3.8, 4) is 11.1 Å². The topological polar surface area (TPSA) is 143 Å². The summed E-state index contributed by atoms with van der Waals surface area (Å²) in [5.74, 6) is 1.50. The Kier molecular flexibility index (Phi) is 12.9. The van der Waals surface area contributed by atoms with E-state index in [0.717, 1.165) is 95.0 Å². The summed E-state index contributed by atoms with van der Waals surface area (Å²) in [5.41, 5.74) is 6.84. The maximum Gasteiger partial charge on any atom is 0.336 e. The Bertz CT molecular complexity index is 2880. The molecule has 3 aliphatic rings. The van der Waals surface area contributed by atoms with Crippen LogP contribution in [-0.2, 0) is 13.1 Å². The van der Waals surface area contributed by atoms with Crippen LogP contribution >= 0.6 is 57.7 Å². The molecule has 326 valence electrons. The van der Waals surface area contributed by atoms with Crippen LogP contribution in [0.1, 0.15) is 31.8 Å². The monoisotopic (exact) mass is 952 g/mol. The lowest BCUT2D eigenvalue weighted by Gasteiger charge is -2.36. The van der Waals surface area contributed by atoms with Gasteiger partial charge in [-0.1, -0.05) is 64.6 Å². The molecule has 3 N–H and O–H groups in total. The van der Waals surface area contributed by atoms with Crippen LogP contribution in [0.25, 0.3) is 21.3 Å². The number of fused-ring (bicyclic) bond motifs is 3. The molecule has 1 saturated heterocycles. The summed E-state index contributed by atoms with van der Waals surface area (Å²) in [5, 5.41) is 20.8. The smallest absolute Gasteiger partial charge is 0.336 e. The van der Waals surface area contributed by atoms with Crippen molar-refractivity contribution in [3.63, 3.8) is 0 Å². The largest absolute Gasteiger partial charge is 0.478 e. The number of rotatable bonds is 8. The van der Waals surface area contributed by atoms with Gasteiger partial charge in [0.2, 0.25) is 0 Å². The number of aromatic carboxylic acids is 1. The number of nitrogens with one attached hydrogen (secondary N) is 2. The normalized spacial score (nSPS) is 14.5. The van der Waals surface area contributed by atoms with Crippen LogP contribution in [0.15, 0.2) is 103 Å². The molecule has 1 fully saturated rings. The summed E-state index contributed by atoms with van der Waals surface area (Å²) >= 11 is 26.7. The fraction of sp³-hybridized carbons (Fsp3) is 0.217. The second-order valence-electron chi connectivity index (χ2n) is 15.3. The molecule has 7 aromatic rings. The molecule has 1 amide bonds. The molecule has 64 heavy (non-hydrogen) atoms. The van der Waals surface area contributed by atoms with Crippen molar-refractivity contribution < 1.29 is 14.7 Å². The number of nitrogens with zero attached hydrogens (tertiary/aromatic N) is 8. The molecule has 18 heteroatoms. The van der Waals surface area contributed by atoms with E-state index in [9.17, 15) is 14.7 Å². The van der Waals surface area contributed by atoms with Gasteiger partial charge in [0, 0.05) is 103 Å². The maximum atomic E-state index is 13.4. The molecule has 3 aromatic carbocycles. The van der Waals surface area contributed by atoms with Crippen molar-refractivity contribution in [2.24, 2.45) is 0 Å². The number of piperazine rings is 1. The first-order chi connectivity index (χ1) is 31.1. The zero-order chi connectivity index (χ0) is 44.3. The summed E-state index contributed by atoms with van der Waals surface area (Å²) in [4.78, 5) is 51.4. The number of carbonyl (C=O) groups excluding carboxylic acids is 1. The van der Waals surface area contributed by atoms with Gasteiger partial charge in [0.15, 0.2) is 0 Å². The van der Waals surface area contributed by atoms with Crippen LogP contribution in [0.5, 0.6) is 0 Å². The van der Waals surface area contributed by atoms with Crippen molar-refractivity contribution in [3.05, 3.63) is 145 Å². The Morgan fingerprint density at radius 3 is 1.97 bits per heavy atom. The van der Waals surface area contributed by atoms with Crippen LogP contribution in [0.2, 0.25) is 20.1 Å². The number of amides is 1. The molecule has 4 aromatic heterocycles. The lowest BCUT2D eigenvalue weighted by molar-refractivity contribution is 0.0696. The fourth-order valence-corrected chi connectivity index (χ4v) is 9.69. The van der Waals surface area contributed by atoms with Gasteiger partial charge in [-0.15, -0.1) is 11.3 Å². The van der Waals surface area contributed by atoms with Gasteiger partial charge < -0.3 is 35.3 Å². The first-order valence-electron chi connectivity index (χ1n) is 20.5. The number of carboxylic acids is 1. The number of carbonyl (C=O) groups is 2. The van der Waals surface area contributed by atoms with Gasteiger partial charge in [-0.3, -0.25) is 4.79 Å². The highest BCUT2D eigenvalue weighted by Gasteiger charge is 2.27. The van der Waals surface area contributed by atoms with Gasteiger partial charge in [-0.05, 0) is 82.7 Å². The second kappa shape index (κ2) is 19.1. The summed E-state index contributed by atoms with van der Waals surface area (Å²) in [6, 6.07) is 23.7. The third-order valence-electron chi connectivity index (χ3n) is 11.3. The van der Waals surface area contributed by atoms with Crippen LogP contribution in [0, 0.1) is 0 Å². The lowest BCUT2D eigenvalue weighted by atomic mass is 10.0. The van der Waals surface area contributed by atoms with E-state index < -0.39 is 5.97 Å². The van der Waals surface area contributed by atoms with E-state index in [1.54, 1.807) is 66.5 Å². The van der Waals surface area contributed by atoms with E-state index in [0.29, 0.717) is 57.4 Å². The second-order valence-corrected chi connectivity index (χ2v) is 17.9. The molecule has 0 bridgehead atoms. The van der Waals surface area contributed by atoms with Gasteiger partial charge in [0.1, 0.15) is 23.8 Å². The first kappa shape index (κ1) is 43.4. The third-order valence-corrected chi connectivity index (χ3v) is 13.4. The van der Waals surface area contributed by atoms with Gasteiger partial charge in [-0.2, -0.15) is 0 Å². The molecule has 0 saturated carbocycles. The number of hydrogen-bond acceptors (Lipinski definition) is 12. The molecule has 0 aliphatic carbocycles. The maximum absolute atomic E-state index is 13.4. The van der Waals surface area contributed by atoms with E-state index in [-0.39, 0.29) is 11.5 Å². The van der Waals surface area contributed by atoms with E-state index in [4.69, 9.17) is 46.4 Å². The van der Waals surface area contributed by atoms with Crippen molar-refractivity contribution in [1.29, 1.82) is 0 Å². The number of thiophene rings is 1. The number of aromatic nitrogens is 4. The van der Waals surface area contributed by atoms with Crippen molar-refractivity contribution in [2.75, 3.05) is 77.7 Å².